The van der Waals surface area contributed by atoms with Crippen molar-refractivity contribution in [3.63, 3.8) is 0 Å². The summed E-state index contributed by atoms with van der Waals surface area (Å²) >= 11 is 0. The monoisotopic (exact) mass is 329 g/mol. The highest BCUT2D eigenvalue weighted by Crippen LogP contribution is 2.40. The van der Waals surface area contributed by atoms with Crippen molar-refractivity contribution >= 4 is 12.1 Å². The van der Waals surface area contributed by atoms with E-state index in [-0.39, 0.29) is 24.4 Å². The Balaban J connectivity index is 1.67. The number of carbonyl (C=O) groups is 2. The molecule has 1 fully saturated rings. The van der Waals surface area contributed by atoms with Gasteiger partial charge in [0.2, 0.25) is 0 Å². The van der Waals surface area contributed by atoms with E-state index in [1.807, 2.05) is 63.3 Å². The lowest BCUT2D eigenvalue weighted by atomic mass is 9.81. The van der Waals surface area contributed by atoms with E-state index in [0.29, 0.717) is 6.54 Å². The summed E-state index contributed by atoms with van der Waals surface area (Å²) in [7, 11) is 0. The van der Waals surface area contributed by atoms with Crippen molar-refractivity contribution in [3.05, 3.63) is 48.0 Å². The zero-order valence-electron chi connectivity index (χ0n) is 14.3. The average molecular weight is 329 g/mol. The number of likely N-dealkylation sites (tertiary alicyclic amines) is 1. The normalized spacial score (nSPS) is 25.0. The summed E-state index contributed by atoms with van der Waals surface area (Å²) in [5, 5.41) is 0. The second-order valence-electron chi connectivity index (χ2n) is 7.30. The van der Waals surface area contributed by atoms with Crippen LogP contribution in [0.2, 0.25) is 0 Å². The molecule has 0 spiro atoms. The fraction of sp³-hybridized carbons (Fsp3) is 0.474. The maximum absolute atomic E-state index is 12.6. The zero-order chi connectivity index (χ0) is 17.3. The third-order valence-corrected chi connectivity index (χ3v) is 4.28. The van der Waals surface area contributed by atoms with Crippen LogP contribution in [0, 0.1) is 11.8 Å². The van der Waals surface area contributed by atoms with Crippen molar-refractivity contribution < 1.29 is 19.1 Å². The number of rotatable bonds is 3. The molecule has 1 saturated heterocycles. The number of amides is 1. The van der Waals surface area contributed by atoms with Crippen molar-refractivity contribution in [3.8, 4) is 0 Å². The lowest BCUT2D eigenvalue weighted by molar-refractivity contribution is -0.151. The molecule has 1 aliphatic heterocycles. The van der Waals surface area contributed by atoms with Crippen LogP contribution in [-0.2, 0) is 20.9 Å². The molecule has 0 radical (unpaired) electrons. The minimum atomic E-state index is -0.599. The molecule has 0 saturated carbocycles. The second kappa shape index (κ2) is 6.30. The van der Waals surface area contributed by atoms with E-state index in [2.05, 4.69) is 0 Å². The molecular weight excluding hydrogens is 306 g/mol. The minimum absolute atomic E-state index is 0.0285. The van der Waals surface area contributed by atoms with E-state index in [4.69, 9.17) is 9.47 Å². The van der Waals surface area contributed by atoms with E-state index < -0.39 is 17.7 Å². The molecule has 24 heavy (non-hydrogen) atoms. The van der Waals surface area contributed by atoms with Gasteiger partial charge in [-0.25, -0.2) is 9.59 Å². The molecule has 5 nitrogen and oxygen atoms in total. The Bertz CT molecular complexity index is 647. The largest absolute Gasteiger partial charge is 0.459 e. The van der Waals surface area contributed by atoms with Gasteiger partial charge in [0.05, 0.1) is 0 Å². The Morgan fingerprint density at radius 1 is 1.17 bits per heavy atom. The molecule has 0 N–H and O–H groups in total. The standard InChI is InChI=1S/C19H23NO4/c1-19(2,3)24-18(22)20-11-14-9-10-15(14)16(20)17(21)23-12-13-7-5-4-6-8-13/h4-10,14-16H,11-12H2,1-3H3/t14-,15-,16+/m0/s1. The van der Waals surface area contributed by atoms with Gasteiger partial charge in [-0.1, -0.05) is 42.5 Å². The first-order valence-corrected chi connectivity index (χ1v) is 8.24. The van der Waals surface area contributed by atoms with Crippen molar-refractivity contribution in [2.75, 3.05) is 6.54 Å². The van der Waals surface area contributed by atoms with E-state index >= 15 is 0 Å². The van der Waals surface area contributed by atoms with Crippen molar-refractivity contribution in [1.29, 1.82) is 0 Å². The molecule has 1 aromatic rings. The molecule has 1 aliphatic carbocycles. The van der Waals surface area contributed by atoms with Crippen LogP contribution < -0.4 is 0 Å². The molecule has 1 aromatic carbocycles. The number of benzene rings is 1. The van der Waals surface area contributed by atoms with E-state index in [0.717, 1.165) is 5.56 Å². The van der Waals surface area contributed by atoms with Gasteiger partial charge >= 0.3 is 12.1 Å². The van der Waals surface area contributed by atoms with Crippen LogP contribution in [0.3, 0.4) is 0 Å². The van der Waals surface area contributed by atoms with Gasteiger partial charge < -0.3 is 9.47 Å². The molecular formula is C19H23NO4. The highest BCUT2D eigenvalue weighted by Gasteiger charge is 2.50. The molecule has 0 unspecified atom stereocenters. The predicted octanol–water partition coefficient (Wildman–Crippen LogP) is 3.15. The van der Waals surface area contributed by atoms with Gasteiger partial charge in [0.25, 0.3) is 0 Å². The van der Waals surface area contributed by atoms with Crippen LogP contribution >= 0.6 is 0 Å². The smallest absolute Gasteiger partial charge is 0.411 e. The summed E-state index contributed by atoms with van der Waals surface area (Å²) in [5.41, 5.74) is 0.332. The van der Waals surface area contributed by atoms with Crippen molar-refractivity contribution in [2.24, 2.45) is 11.8 Å². The first-order chi connectivity index (χ1) is 11.3. The van der Waals surface area contributed by atoms with Gasteiger partial charge in [-0.05, 0) is 26.3 Å². The number of esters is 1. The Morgan fingerprint density at radius 3 is 2.46 bits per heavy atom. The van der Waals surface area contributed by atoms with Crippen LogP contribution in [0.4, 0.5) is 4.79 Å². The number of hydrogen-bond donors (Lipinski definition) is 0. The molecule has 3 rings (SSSR count). The minimum Gasteiger partial charge on any atom is -0.459 e. The summed E-state index contributed by atoms with van der Waals surface area (Å²) < 4.78 is 10.9. The van der Waals surface area contributed by atoms with Gasteiger partial charge in [0, 0.05) is 18.4 Å². The number of ether oxygens (including phenoxy) is 2. The maximum atomic E-state index is 12.6. The number of nitrogens with zero attached hydrogens (tertiary/aromatic N) is 1. The Hall–Kier alpha value is -2.30. The molecule has 3 atom stereocenters. The third-order valence-electron chi connectivity index (χ3n) is 4.28. The first-order valence-electron chi connectivity index (χ1n) is 8.24. The van der Waals surface area contributed by atoms with Crippen molar-refractivity contribution in [2.45, 2.75) is 39.0 Å². The van der Waals surface area contributed by atoms with Crippen molar-refractivity contribution in [1.82, 2.24) is 4.90 Å². The lowest BCUT2D eigenvalue weighted by Crippen LogP contribution is -2.46. The molecule has 5 heteroatoms. The predicted molar refractivity (Wildman–Crippen MR) is 89.1 cm³/mol. The Morgan fingerprint density at radius 2 is 1.88 bits per heavy atom. The fourth-order valence-corrected chi connectivity index (χ4v) is 3.07. The molecule has 0 aromatic heterocycles. The summed E-state index contributed by atoms with van der Waals surface area (Å²) in [6.45, 7) is 6.16. The summed E-state index contributed by atoms with van der Waals surface area (Å²) in [4.78, 5) is 26.5. The lowest BCUT2D eigenvalue weighted by Gasteiger charge is -2.29. The highest BCUT2D eigenvalue weighted by atomic mass is 16.6. The van der Waals surface area contributed by atoms with Crippen LogP contribution in [0.5, 0.6) is 0 Å². The number of fused-ring (bicyclic) bond motifs is 1. The zero-order valence-corrected chi connectivity index (χ0v) is 14.3. The van der Waals surface area contributed by atoms with Crippen LogP contribution in [0.15, 0.2) is 42.5 Å². The van der Waals surface area contributed by atoms with Gasteiger partial charge in [0.1, 0.15) is 18.2 Å². The van der Waals surface area contributed by atoms with E-state index in [1.54, 1.807) is 0 Å². The second-order valence-corrected chi connectivity index (χ2v) is 7.30. The molecule has 128 valence electrons. The Kier molecular flexibility index (Phi) is 4.35. The van der Waals surface area contributed by atoms with Crippen LogP contribution in [-0.4, -0.2) is 35.2 Å². The highest BCUT2D eigenvalue weighted by molar-refractivity contribution is 5.83. The van der Waals surface area contributed by atoms with Gasteiger partial charge in [-0.3, -0.25) is 4.90 Å². The van der Waals surface area contributed by atoms with E-state index in [1.165, 1.54) is 4.90 Å². The SMILES string of the molecule is CC(C)(C)OC(=O)N1C[C@@H]2C=C[C@@H]2[C@@H]1C(=O)OCc1ccccc1. The summed E-state index contributed by atoms with van der Waals surface area (Å²) in [5.74, 6) is -0.130. The topological polar surface area (TPSA) is 55.8 Å². The van der Waals surface area contributed by atoms with Gasteiger partial charge in [-0.15, -0.1) is 0 Å². The summed E-state index contributed by atoms with van der Waals surface area (Å²) in [6, 6.07) is 8.92. The molecule has 0 bridgehead atoms. The molecule has 2 aliphatic rings. The van der Waals surface area contributed by atoms with Gasteiger partial charge in [-0.2, -0.15) is 0 Å². The molecule has 1 amide bonds. The van der Waals surface area contributed by atoms with Crippen LogP contribution in [0.1, 0.15) is 26.3 Å². The molecule has 1 heterocycles. The summed E-state index contributed by atoms with van der Waals surface area (Å²) in [6.07, 6.45) is 3.55. The Labute approximate surface area is 142 Å². The number of hydrogen-bond acceptors (Lipinski definition) is 4. The van der Waals surface area contributed by atoms with E-state index in [9.17, 15) is 9.59 Å². The first kappa shape index (κ1) is 16.6. The average Bonchev–Trinajstić information content (AvgIpc) is 2.75. The maximum Gasteiger partial charge on any atom is 0.411 e. The van der Waals surface area contributed by atoms with Gasteiger partial charge in [0.15, 0.2) is 0 Å². The number of carbonyl (C=O) groups excluding carboxylic acids is 2. The van der Waals surface area contributed by atoms with Crippen LogP contribution in [0.25, 0.3) is 0 Å². The fourth-order valence-electron chi connectivity index (χ4n) is 3.07. The third kappa shape index (κ3) is 3.45. The quantitative estimate of drug-likeness (QED) is 0.631.